The van der Waals surface area contributed by atoms with E-state index in [0.29, 0.717) is 24.0 Å². The van der Waals surface area contributed by atoms with Crippen LogP contribution in [0.3, 0.4) is 0 Å². The van der Waals surface area contributed by atoms with Crippen molar-refractivity contribution in [3.05, 3.63) is 108 Å². The molecule has 0 saturated heterocycles. The molecule has 0 fully saturated rings. The fourth-order valence-corrected chi connectivity index (χ4v) is 5.33. The number of rotatable bonds is 12. The molecule has 0 spiro atoms. The summed E-state index contributed by atoms with van der Waals surface area (Å²) in [5.74, 6) is 1.21. The van der Waals surface area contributed by atoms with E-state index in [-0.39, 0.29) is 5.03 Å². The second-order valence-corrected chi connectivity index (χ2v) is 11.9. The average molecular weight is 666 g/mol. The highest BCUT2D eigenvalue weighted by molar-refractivity contribution is 6.32. The van der Waals surface area contributed by atoms with E-state index in [1.54, 1.807) is 6.08 Å². The van der Waals surface area contributed by atoms with Crippen molar-refractivity contribution in [3.63, 3.8) is 0 Å². The molecule has 3 heterocycles. The van der Waals surface area contributed by atoms with Gasteiger partial charge in [-0.25, -0.2) is 9.50 Å². The third-order valence-electron chi connectivity index (χ3n) is 7.45. The second kappa shape index (κ2) is 16.4. The topological polar surface area (TPSA) is 97.0 Å². The first-order chi connectivity index (χ1) is 22.2. The van der Waals surface area contributed by atoms with Crippen molar-refractivity contribution >= 4 is 39.4 Å². The molecule has 3 aromatic heterocycles. The molecule has 1 unspecified atom stereocenters. The van der Waals surface area contributed by atoms with Crippen LogP contribution in [-0.2, 0) is 6.54 Å². The van der Waals surface area contributed by atoms with Gasteiger partial charge in [0.1, 0.15) is 11.5 Å². The van der Waals surface area contributed by atoms with Gasteiger partial charge in [-0.15, -0.1) is 6.58 Å². The van der Waals surface area contributed by atoms with Gasteiger partial charge in [0, 0.05) is 41.7 Å². The van der Waals surface area contributed by atoms with E-state index in [0.717, 1.165) is 54.4 Å². The van der Waals surface area contributed by atoms with Crippen LogP contribution in [0.15, 0.2) is 90.9 Å². The van der Waals surface area contributed by atoms with E-state index in [1.807, 2.05) is 36.8 Å². The third kappa shape index (κ3) is 9.79. The number of aryl methyl sites for hydroxylation is 2. The number of nitrogens with one attached hydrogen (secondary N) is 2. The lowest BCUT2D eigenvalue weighted by atomic mass is 9.99. The number of pyridine rings is 1. The summed E-state index contributed by atoms with van der Waals surface area (Å²) in [5.41, 5.74) is 12.1. The molecule has 0 aliphatic carbocycles. The van der Waals surface area contributed by atoms with E-state index in [9.17, 15) is 13.2 Å². The van der Waals surface area contributed by atoms with E-state index in [1.165, 1.54) is 27.6 Å². The number of alkyl halides is 3. The quantitative estimate of drug-likeness (QED) is 0.0800. The zero-order chi connectivity index (χ0) is 34.9. The van der Waals surface area contributed by atoms with E-state index in [2.05, 4.69) is 78.3 Å². The number of hydrogen-bond donors (Lipinski definition) is 3. The van der Waals surface area contributed by atoms with Crippen molar-refractivity contribution in [1.29, 1.82) is 5.41 Å². The first-order valence-electron chi connectivity index (χ1n) is 15.2. The molecule has 4 N–H and O–H groups in total. The lowest BCUT2D eigenvalue weighted by Crippen LogP contribution is -2.19. The zero-order valence-corrected chi connectivity index (χ0v) is 28.3. The summed E-state index contributed by atoms with van der Waals surface area (Å²) in [5, 5.41) is 15.8. The van der Waals surface area contributed by atoms with Crippen LogP contribution in [0, 0.1) is 25.2 Å². The molecule has 11 heteroatoms. The smallest absolute Gasteiger partial charge is 0.403 e. The van der Waals surface area contributed by atoms with Crippen molar-refractivity contribution in [2.75, 3.05) is 13.6 Å². The molecule has 7 nitrogen and oxygen atoms in total. The zero-order valence-electron chi connectivity index (χ0n) is 27.5. The molecule has 1 atom stereocenters. The Morgan fingerprint density at radius 3 is 2.51 bits per heavy atom. The van der Waals surface area contributed by atoms with E-state index >= 15 is 0 Å². The van der Waals surface area contributed by atoms with Crippen LogP contribution in [-0.4, -0.2) is 44.6 Å². The van der Waals surface area contributed by atoms with Crippen molar-refractivity contribution in [1.82, 2.24) is 24.5 Å². The Labute approximate surface area is 279 Å². The summed E-state index contributed by atoms with van der Waals surface area (Å²) in [6.45, 7) is 17.9. The monoisotopic (exact) mass is 665 g/mol. The van der Waals surface area contributed by atoms with Crippen molar-refractivity contribution in [2.45, 2.75) is 53.3 Å². The van der Waals surface area contributed by atoms with Gasteiger partial charge in [0.25, 0.3) is 0 Å². The molecular formula is C36H43ClF3N7. The number of nitrogens with zero attached hydrogens (tertiary/aromatic N) is 4. The minimum atomic E-state index is -4.66. The van der Waals surface area contributed by atoms with Crippen molar-refractivity contribution in [3.8, 4) is 11.1 Å². The van der Waals surface area contributed by atoms with Crippen LogP contribution in [0.1, 0.15) is 43.6 Å². The van der Waals surface area contributed by atoms with Gasteiger partial charge in [0.2, 0.25) is 0 Å². The number of hydrogen-bond acceptors (Lipinski definition) is 5. The maximum atomic E-state index is 12.3. The summed E-state index contributed by atoms with van der Waals surface area (Å²) in [7, 11) is 1.86. The Hall–Kier alpha value is -4.41. The van der Waals surface area contributed by atoms with Crippen LogP contribution < -0.4 is 11.1 Å². The van der Waals surface area contributed by atoms with Crippen molar-refractivity contribution in [2.24, 2.45) is 11.7 Å². The van der Waals surface area contributed by atoms with Gasteiger partial charge in [-0.3, -0.25) is 5.41 Å². The Morgan fingerprint density at radius 1 is 1.17 bits per heavy atom. The van der Waals surface area contributed by atoms with Gasteiger partial charge < -0.3 is 15.6 Å². The molecule has 250 valence electrons. The van der Waals surface area contributed by atoms with Gasteiger partial charge >= 0.3 is 6.18 Å². The largest absolute Gasteiger partial charge is 0.432 e. The standard InChI is InChI=1S/C22H22N4.C14H21ClF3N3/c1-6-9-25-13-20(14(2)3)19-11-18(10-15(4)22(19)25)17-7-8-21-23-16(5)24-26(21)12-17;1-10(9-21-2)4-3-5-11(12(15)8-19)6-7-13(20)14(16,17)18/h6-8,10-13H,1-2,9H2,3-5H3;5-8,10,20-21H,3-4,9,19H2,1-2H3/b;7-6-,11-5-,12-8+,20-13?. The molecule has 0 aliphatic heterocycles. The van der Waals surface area contributed by atoms with Crippen LogP contribution >= 0.6 is 11.6 Å². The van der Waals surface area contributed by atoms with E-state index < -0.39 is 11.9 Å². The number of fused-ring (bicyclic) bond motifs is 2. The number of allylic oxidation sites excluding steroid dienone is 7. The first kappa shape index (κ1) is 37.1. The molecular weight excluding hydrogens is 623 g/mol. The van der Waals surface area contributed by atoms with Gasteiger partial charge in [-0.2, -0.15) is 18.3 Å². The molecule has 1 aromatic carbocycles. The highest BCUT2D eigenvalue weighted by Gasteiger charge is 2.32. The normalized spacial score (nSPS) is 13.2. The maximum Gasteiger partial charge on any atom is 0.432 e. The molecule has 4 aromatic rings. The second-order valence-electron chi connectivity index (χ2n) is 11.5. The molecule has 0 bridgehead atoms. The summed E-state index contributed by atoms with van der Waals surface area (Å²) in [6, 6.07) is 8.59. The Balaban J connectivity index is 0.000000263. The number of benzene rings is 1. The molecule has 0 aliphatic rings. The van der Waals surface area contributed by atoms with Crippen LogP contribution in [0.25, 0.3) is 33.3 Å². The number of aromatic nitrogens is 4. The predicted molar refractivity (Wildman–Crippen MR) is 190 cm³/mol. The minimum absolute atomic E-state index is 0.155. The molecule has 0 saturated carbocycles. The number of halogens is 4. The van der Waals surface area contributed by atoms with Gasteiger partial charge in [-0.05, 0) is 106 Å². The number of nitrogens with two attached hydrogens (primary N) is 1. The molecule has 4 rings (SSSR count). The Kier molecular flexibility index (Phi) is 12.9. The SMILES string of the molecule is C=CCn1cc(C(=C)C)c2cc(-c3ccc4nc(C)nn4c3)cc(C)c21.CNCC(C)CC/C=C(/C=C\C(=N)C(F)(F)F)C(\Cl)=C/N. The van der Waals surface area contributed by atoms with Gasteiger partial charge in [0.05, 0.1) is 10.5 Å². The lowest BCUT2D eigenvalue weighted by molar-refractivity contribution is -0.0584. The van der Waals surface area contributed by atoms with Crippen LogP contribution in [0.2, 0.25) is 0 Å². The molecule has 0 amide bonds. The Bertz CT molecular complexity index is 1840. The maximum absolute atomic E-state index is 12.3. The van der Waals surface area contributed by atoms with Gasteiger partial charge in [-0.1, -0.05) is 43.3 Å². The summed E-state index contributed by atoms with van der Waals surface area (Å²) in [6.07, 6.45) is 7.67. The summed E-state index contributed by atoms with van der Waals surface area (Å²) < 4.78 is 40.8. The predicted octanol–water partition coefficient (Wildman–Crippen LogP) is 8.91. The fraction of sp³-hybridized carbons (Fsp3) is 0.306. The molecule has 47 heavy (non-hydrogen) atoms. The average Bonchev–Trinajstić information content (AvgIpc) is 3.57. The summed E-state index contributed by atoms with van der Waals surface area (Å²) in [4.78, 5) is 4.40. The van der Waals surface area contributed by atoms with Crippen LogP contribution in [0.4, 0.5) is 13.2 Å². The molecule has 0 radical (unpaired) electrons. The highest BCUT2D eigenvalue weighted by Crippen LogP contribution is 2.33. The fourth-order valence-electron chi connectivity index (χ4n) is 5.19. The summed E-state index contributed by atoms with van der Waals surface area (Å²) >= 11 is 5.86. The highest BCUT2D eigenvalue weighted by atomic mass is 35.5. The Morgan fingerprint density at radius 2 is 1.89 bits per heavy atom. The van der Waals surface area contributed by atoms with E-state index in [4.69, 9.17) is 22.7 Å². The first-order valence-corrected chi connectivity index (χ1v) is 15.6. The van der Waals surface area contributed by atoms with Crippen molar-refractivity contribution < 1.29 is 13.2 Å². The lowest BCUT2D eigenvalue weighted by Gasteiger charge is -2.09. The van der Waals surface area contributed by atoms with Crippen LogP contribution in [0.5, 0.6) is 0 Å². The third-order valence-corrected chi connectivity index (χ3v) is 7.80. The van der Waals surface area contributed by atoms with Gasteiger partial charge in [0.15, 0.2) is 5.65 Å². The minimum Gasteiger partial charge on any atom is -0.403 e.